The lowest BCUT2D eigenvalue weighted by Gasteiger charge is -2.45. The number of fused-ring (bicyclic) bond motifs is 2. The minimum absolute atomic E-state index is 0.0551. The number of hydrogen-bond acceptors (Lipinski definition) is 2. The molecule has 0 heterocycles. The summed E-state index contributed by atoms with van der Waals surface area (Å²) in [4.78, 5) is 12.2. The van der Waals surface area contributed by atoms with Crippen LogP contribution in [-0.2, 0) is 4.79 Å². The smallest absolute Gasteiger partial charge is 0.236 e. The largest absolute Gasteiger partial charge is 0.358 e. The fourth-order valence-electron chi connectivity index (χ4n) is 4.82. The van der Waals surface area contributed by atoms with Crippen LogP contribution in [0, 0.1) is 22.7 Å². The lowest BCUT2D eigenvalue weighted by molar-refractivity contribution is -0.123. The topological polar surface area (TPSA) is 41.1 Å². The van der Waals surface area contributed by atoms with Crippen LogP contribution in [0.15, 0.2) is 0 Å². The second-order valence-electron chi connectivity index (χ2n) is 8.31. The molecule has 3 heteroatoms. The number of likely N-dealkylation sites (N-methyl/N-ethyl adjacent to an activating group) is 1. The summed E-state index contributed by atoms with van der Waals surface area (Å²) in [5.41, 5.74) is 0.674. The Labute approximate surface area is 124 Å². The minimum Gasteiger partial charge on any atom is -0.358 e. The molecule has 0 aromatic heterocycles. The highest BCUT2D eigenvalue weighted by Crippen LogP contribution is 2.62. The summed E-state index contributed by atoms with van der Waals surface area (Å²) in [6, 6.07) is 0.398. The average molecular weight is 280 g/mol. The van der Waals surface area contributed by atoms with Crippen molar-refractivity contribution in [3.05, 3.63) is 0 Å². The Morgan fingerprint density at radius 1 is 1.30 bits per heavy atom. The maximum Gasteiger partial charge on any atom is 0.236 e. The van der Waals surface area contributed by atoms with E-state index in [1.807, 2.05) is 0 Å². The first-order valence-corrected chi connectivity index (χ1v) is 8.18. The summed E-state index contributed by atoms with van der Waals surface area (Å²) >= 11 is 0. The molecule has 2 saturated carbocycles. The highest BCUT2D eigenvalue weighted by Gasteiger charge is 2.59. The van der Waals surface area contributed by atoms with Crippen molar-refractivity contribution in [2.75, 3.05) is 7.05 Å². The van der Waals surface area contributed by atoms with Crippen molar-refractivity contribution in [3.63, 3.8) is 0 Å². The molecule has 0 aromatic carbocycles. The third-order valence-electron chi connectivity index (χ3n) is 5.91. The lowest BCUT2D eigenvalue weighted by Crippen LogP contribution is -2.57. The van der Waals surface area contributed by atoms with Crippen molar-refractivity contribution in [2.24, 2.45) is 22.7 Å². The lowest BCUT2D eigenvalue weighted by atomic mass is 9.68. The SMILES string of the molecule is CNC(=O)C(CC(C)C)NC1C(C)(C)[C@H]2CC[C@]1(C)C2. The summed E-state index contributed by atoms with van der Waals surface area (Å²) in [6.45, 7) is 11.6. The van der Waals surface area contributed by atoms with Gasteiger partial charge in [-0.25, -0.2) is 0 Å². The van der Waals surface area contributed by atoms with Gasteiger partial charge in [-0.15, -0.1) is 0 Å². The van der Waals surface area contributed by atoms with Gasteiger partial charge in [-0.2, -0.15) is 0 Å². The van der Waals surface area contributed by atoms with E-state index in [1.165, 1.54) is 19.3 Å². The van der Waals surface area contributed by atoms with Gasteiger partial charge in [0.2, 0.25) is 5.91 Å². The summed E-state index contributed by atoms with van der Waals surface area (Å²) in [5, 5.41) is 6.58. The van der Waals surface area contributed by atoms with Crippen LogP contribution in [-0.4, -0.2) is 25.0 Å². The molecule has 2 aliphatic carbocycles. The molecular formula is C17H32N2O. The van der Waals surface area contributed by atoms with Crippen LogP contribution in [0.5, 0.6) is 0 Å². The van der Waals surface area contributed by atoms with Gasteiger partial charge in [0.05, 0.1) is 6.04 Å². The molecule has 2 N–H and O–H groups in total. The molecule has 116 valence electrons. The van der Waals surface area contributed by atoms with E-state index < -0.39 is 0 Å². The summed E-state index contributed by atoms with van der Waals surface area (Å²) in [6.07, 6.45) is 4.89. The number of nitrogens with one attached hydrogen (secondary N) is 2. The molecule has 0 aromatic rings. The quantitative estimate of drug-likeness (QED) is 0.813. The first kappa shape index (κ1) is 15.8. The van der Waals surface area contributed by atoms with E-state index in [0.29, 0.717) is 22.8 Å². The van der Waals surface area contributed by atoms with Crippen LogP contribution in [0.4, 0.5) is 0 Å². The Bertz CT molecular complexity index is 372. The van der Waals surface area contributed by atoms with E-state index >= 15 is 0 Å². The fourth-order valence-corrected chi connectivity index (χ4v) is 4.82. The Balaban J connectivity index is 2.15. The third-order valence-corrected chi connectivity index (χ3v) is 5.91. The zero-order chi connectivity index (χ0) is 15.1. The van der Waals surface area contributed by atoms with Gasteiger partial charge in [-0.05, 0) is 48.3 Å². The van der Waals surface area contributed by atoms with Gasteiger partial charge >= 0.3 is 0 Å². The van der Waals surface area contributed by atoms with E-state index in [0.717, 1.165) is 12.3 Å². The van der Waals surface area contributed by atoms with Crippen molar-refractivity contribution < 1.29 is 4.79 Å². The van der Waals surface area contributed by atoms with Gasteiger partial charge in [0.25, 0.3) is 0 Å². The van der Waals surface area contributed by atoms with Crippen molar-refractivity contribution in [3.8, 4) is 0 Å². The predicted molar refractivity (Wildman–Crippen MR) is 83.5 cm³/mol. The van der Waals surface area contributed by atoms with Gasteiger partial charge in [0, 0.05) is 13.1 Å². The van der Waals surface area contributed by atoms with E-state index in [1.54, 1.807) is 7.05 Å². The van der Waals surface area contributed by atoms with Crippen molar-refractivity contribution >= 4 is 5.91 Å². The number of carbonyl (C=O) groups is 1. The number of rotatable bonds is 5. The summed E-state index contributed by atoms with van der Waals surface area (Å²) < 4.78 is 0. The molecule has 20 heavy (non-hydrogen) atoms. The first-order chi connectivity index (χ1) is 9.20. The van der Waals surface area contributed by atoms with E-state index in [9.17, 15) is 4.79 Å². The molecule has 2 unspecified atom stereocenters. The zero-order valence-corrected chi connectivity index (χ0v) is 14.0. The number of amides is 1. The molecule has 0 spiro atoms. The Kier molecular flexibility index (Phi) is 4.21. The molecule has 3 nitrogen and oxygen atoms in total. The summed E-state index contributed by atoms with van der Waals surface area (Å²) in [7, 11) is 1.74. The van der Waals surface area contributed by atoms with Crippen LogP contribution in [0.2, 0.25) is 0 Å². The Morgan fingerprint density at radius 2 is 1.95 bits per heavy atom. The van der Waals surface area contributed by atoms with Gasteiger partial charge < -0.3 is 10.6 Å². The highest BCUT2D eigenvalue weighted by molar-refractivity contribution is 5.81. The second kappa shape index (κ2) is 5.32. The van der Waals surface area contributed by atoms with Crippen LogP contribution in [0.25, 0.3) is 0 Å². The number of carbonyl (C=O) groups excluding carboxylic acids is 1. The second-order valence-corrected chi connectivity index (χ2v) is 8.31. The minimum atomic E-state index is -0.0551. The van der Waals surface area contributed by atoms with Gasteiger partial charge in [0.15, 0.2) is 0 Å². The summed E-state index contributed by atoms with van der Waals surface area (Å²) in [5.74, 6) is 1.48. The predicted octanol–water partition coefficient (Wildman–Crippen LogP) is 2.95. The molecule has 2 aliphatic rings. The maximum atomic E-state index is 12.2. The highest BCUT2D eigenvalue weighted by atomic mass is 16.2. The molecule has 2 fully saturated rings. The van der Waals surface area contributed by atoms with E-state index in [-0.39, 0.29) is 11.9 Å². The van der Waals surface area contributed by atoms with E-state index in [4.69, 9.17) is 0 Å². The van der Waals surface area contributed by atoms with Crippen LogP contribution in [0.1, 0.15) is 60.3 Å². The monoisotopic (exact) mass is 280 g/mol. The van der Waals surface area contributed by atoms with Gasteiger partial charge in [0.1, 0.15) is 0 Å². The van der Waals surface area contributed by atoms with Gasteiger partial charge in [-0.1, -0.05) is 34.6 Å². The van der Waals surface area contributed by atoms with Crippen molar-refractivity contribution in [2.45, 2.75) is 72.4 Å². The normalized spacial score (nSPS) is 36.4. The Morgan fingerprint density at radius 3 is 2.40 bits per heavy atom. The van der Waals surface area contributed by atoms with Crippen LogP contribution in [0.3, 0.4) is 0 Å². The standard InChI is InChI=1S/C17H32N2O/c1-11(2)9-13(14(20)18-6)19-15-16(3,4)12-7-8-17(15,5)10-12/h11-13,15,19H,7-10H2,1-6H3,(H,18,20)/t12-,13?,15?,17+/m0/s1. The molecule has 2 bridgehead atoms. The third kappa shape index (κ3) is 2.61. The van der Waals surface area contributed by atoms with Crippen molar-refractivity contribution in [1.29, 1.82) is 0 Å². The van der Waals surface area contributed by atoms with E-state index in [2.05, 4.69) is 45.3 Å². The Hall–Kier alpha value is -0.570. The molecule has 0 saturated heterocycles. The average Bonchev–Trinajstić information content (AvgIpc) is 2.82. The molecule has 0 aliphatic heterocycles. The fraction of sp³-hybridized carbons (Fsp3) is 0.941. The molecule has 0 radical (unpaired) electrons. The molecule has 2 rings (SSSR count). The molecule has 1 amide bonds. The molecule has 4 atom stereocenters. The maximum absolute atomic E-state index is 12.2. The zero-order valence-electron chi connectivity index (χ0n) is 14.0. The van der Waals surface area contributed by atoms with Crippen LogP contribution < -0.4 is 10.6 Å². The van der Waals surface area contributed by atoms with Crippen molar-refractivity contribution in [1.82, 2.24) is 10.6 Å². The van der Waals surface area contributed by atoms with Gasteiger partial charge in [-0.3, -0.25) is 4.79 Å². The van der Waals surface area contributed by atoms with Crippen LogP contribution >= 0.6 is 0 Å². The molecular weight excluding hydrogens is 248 g/mol. The number of hydrogen-bond donors (Lipinski definition) is 2. The first-order valence-electron chi connectivity index (χ1n) is 8.18.